The van der Waals surface area contributed by atoms with Crippen LogP contribution in [-0.2, 0) is 4.79 Å². The van der Waals surface area contributed by atoms with E-state index in [1.807, 2.05) is 12.1 Å². The summed E-state index contributed by atoms with van der Waals surface area (Å²) in [5, 5.41) is 10.2. The molecular weight excluding hydrogens is 459 g/mol. The number of nitrogens with zero attached hydrogens (tertiary/aromatic N) is 1. The first-order valence-electron chi connectivity index (χ1n) is 10.7. The Morgan fingerprint density at radius 1 is 1.06 bits per heavy atom. The number of carbonyl (C=O) groups excluding carboxylic acids is 1. The van der Waals surface area contributed by atoms with Gasteiger partial charge in [-0.15, -0.1) is 0 Å². The fourth-order valence-corrected chi connectivity index (χ4v) is 3.85. The molecule has 1 saturated carbocycles. The third-order valence-corrected chi connectivity index (χ3v) is 5.71. The third kappa shape index (κ3) is 6.10. The van der Waals surface area contributed by atoms with Crippen LogP contribution in [0.3, 0.4) is 0 Å². The SMILES string of the molecule is CC(C)N(CC(O)COc1ccccc1C1CCCCC1)C(=O)C(F)(F)C(F)(F)C(F)(F)F. The summed E-state index contributed by atoms with van der Waals surface area (Å²) in [4.78, 5) is 12.1. The van der Waals surface area contributed by atoms with E-state index in [0.29, 0.717) is 5.75 Å². The summed E-state index contributed by atoms with van der Waals surface area (Å²) in [6.45, 7) is 0.935. The number of alkyl halides is 7. The second kappa shape index (κ2) is 10.5. The van der Waals surface area contributed by atoms with E-state index in [4.69, 9.17) is 4.74 Å². The number of benzene rings is 1. The summed E-state index contributed by atoms with van der Waals surface area (Å²) in [6.07, 6.45) is -3.06. The van der Waals surface area contributed by atoms with Gasteiger partial charge in [-0.2, -0.15) is 30.7 Å². The Kier molecular flexibility index (Phi) is 8.64. The van der Waals surface area contributed by atoms with Crippen LogP contribution in [0.1, 0.15) is 57.4 Å². The van der Waals surface area contributed by atoms with Crippen LogP contribution in [0.15, 0.2) is 24.3 Å². The molecule has 1 atom stereocenters. The van der Waals surface area contributed by atoms with Crippen LogP contribution >= 0.6 is 0 Å². The van der Waals surface area contributed by atoms with Gasteiger partial charge >= 0.3 is 18.0 Å². The van der Waals surface area contributed by atoms with Crippen molar-refractivity contribution >= 4 is 5.91 Å². The lowest BCUT2D eigenvalue weighted by atomic mass is 9.84. The first-order valence-corrected chi connectivity index (χ1v) is 10.7. The van der Waals surface area contributed by atoms with Crippen molar-refractivity contribution in [2.45, 2.75) is 82.0 Å². The molecule has 1 aliphatic carbocycles. The van der Waals surface area contributed by atoms with Crippen LogP contribution in [0.25, 0.3) is 0 Å². The Morgan fingerprint density at radius 2 is 1.64 bits per heavy atom. The van der Waals surface area contributed by atoms with Crippen molar-refractivity contribution in [3.05, 3.63) is 29.8 Å². The summed E-state index contributed by atoms with van der Waals surface area (Å²) in [7, 11) is 0. The minimum atomic E-state index is -6.63. The lowest BCUT2D eigenvalue weighted by molar-refractivity contribution is -0.346. The summed E-state index contributed by atoms with van der Waals surface area (Å²) in [5.41, 5.74) is 0.914. The normalized spacial score (nSPS) is 17.2. The summed E-state index contributed by atoms with van der Waals surface area (Å²) < 4.78 is 97.3. The van der Waals surface area contributed by atoms with Crippen LogP contribution in [0.4, 0.5) is 30.7 Å². The van der Waals surface area contributed by atoms with E-state index in [9.17, 15) is 40.6 Å². The summed E-state index contributed by atoms with van der Waals surface area (Å²) >= 11 is 0. The van der Waals surface area contributed by atoms with Gasteiger partial charge in [-0.1, -0.05) is 37.5 Å². The summed E-state index contributed by atoms with van der Waals surface area (Å²) in [5.74, 6) is -14.6. The zero-order valence-corrected chi connectivity index (χ0v) is 18.3. The van der Waals surface area contributed by atoms with Gasteiger partial charge in [0.2, 0.25) is 0 Å². The first kappa shape index (κ1) is 27.2. The van der Waals surface area contributed by atoms with Crippen LogP contribution in [0.5, 0.6) is 5.75 Å². The molecule has 2 rings (SSSR count). The molecule has 1 amide bonds. The van der Waals surface area contributed by atoms with Gasteiger partial charge in [-0.25, -0.2) is 0 Å². The predicted molar refractivity (Wildman–Crippen MR) is 107 cm³/mol. The van der Waals surface area contributed by atoms with Crippen LogP contribution in [-0.4, -0.2) is 59.2 Å². The van der Waals surface area contributed by atoms with Gasteiger partial charge in [-0.3, -0.25) is 4.79 Å². The maximum Gasteiger partial charge on any atom is 0.460 e. The Morgan fingerprint density at radius 3 is 2.18 bits per heavy atom. The number of hydrogen-bond donors (Lipinski definition) is 1. The van der Waals surface area contributed by atoms with Gasteiger partial charge in [0.1, 0.15) is 18.5 Å². The quantitative estimate of drug-likeness (QED) is 0.465. The first-order chi connectivity index (χ1) is 15.2. The van der Waals surface area contributed by atoms with Crippen molar-refractivity contribution in [3.8, 4) is 5.75 Å². The van der Waals surface area contributed by atoms with E-state index in [0.717, 1.165) is 51.5 Å². The van der Waals surface area contributed by atoms with E-state index in [-0.39, 0.29) is 10.8 Å². The van der Waals surface area contributed by atoms with E-state index in [1.54, 1.807) is 12.1 Å². The second-order valence-corrected chi connectivity index (χ2v) is 8.54. The van der Waals surface area contributed by atoms with Gasteiger partial charge < -0.3 is 14.7 Å². The molecule has 0 spiro atoms. The maximum absolute atomic E-state index is 13.9. The molecule has 1 fully saturated rings. The highest BCUT2D eigenvalue weighted by molar-refractivity contribution is 5.85. The molecule has 1 N–H and O–H groups in total. The number of carbonyl (C=O) groups is 1. The monoisotopic (exact) mass is 487 g/mol. The number of halogens is 7. The molecule has 188 valence electrons. The molecule has 0 heterocycles. The zero-order chi connectivity index (χ0) is 25.0. The predicted octanol–water partition coefficient (Wildman–Crippen LogP) is 5.54. The zero-order valence-electron chi connectivity index (χ0n) is 18.3. The number of para-hydroxylation sites is 1. The van der Waals surface area contributed by atoms with Crippen molar-refractivity contribution in [3.63, 3.8) is 0 Å². The number of ether oxygens (including phenoxy) is 1. The van der Waals surface area contributed by atoms with Crippen molar-refractivity contribution in [2.24, 2.45) is 0 Å². The van der Waals surface area contributed by atoms with Crippen LogP contribution < -0.4 is 4.74 Å². The number of hydrogen-bond acceptors (Lipinski definition) is 3. The highest BCUT2D eigenvalue weighted by atomic mass is 19.4. The molecule has 11 heteroatoms. The molecule has 1 aromatic rings. The molecule has 33 heavy (non-hydrogen) atoms. The number of aliphatic hydroxyl groups excluding tert-OH is 1. The lowest BCUT2D eigenvalue weighted by Crippen LogP contribution is -2.62. The number of aliphatic hydroxyl groups is 1. The van der Waals surface area contributed by atoms with Gasteiger partial charge in [0.05, 0.1) is 6.54 Å². The number of rotatable bonds is 9. The van der Waals surface area contributed by atoms with Crippen molar-refractivity contribution in [1.29, 1.82) is 0 Å². The molecule has 0 saturated heterocycles. The molecule has 1 unspecified atom stereocenters. The van der Waals surface area contributed by atoms with E-state index in [1.165, 1.54) is 0 Å². The molecule has 0 aliphatic heterocycles. The van der Waals surface area contributed by atoms with Crippen LogP contribution in [0, 0.1) is 0 Å². The van der Waals surface area contributed by atoms with Crippen LogP contribution in [0.2, 0.25) is 0 Å². The van der Waals surface area contributed by atoms with Crippen molar-refractivity contribution in [1.82, 2.24) is 4.90 Å². The highest BCUT2D eigenvalue weighted by Crippen LogP contribution is 2.47. The van der Waals surface area contributed by atoms with Gasteiger partial charge in [0.15, 0.2) is 0 Å². The fourth-order valence-electron chi connectivity index (χ4n) is 3.85. The van der Waals surface area contributed by atoms with E-state index < -0.39 is 49.2 Å². The average Bonchev–Trinajstić information content (AvgIpc) is 2.75. The standard InChI is InChI=1S/C22H28F7NO3/c1-14(2)30(19(32)20(23,24)21(25,26)22(27,28)29)12-16(31)13-33-18-11-7-6-10-17(18)15-8-4-3-5-9-15/h6-7,10-11,14-16,31H,3-5,8-9,12-13H2,1-2H3. The average molecular weight is 487 g/mol. The smallest absolute Gasteiger partial charge is 0.460 e. The molecule has 0 aromatic heterocycles. The largest absolute Gasteiger partial charge is 0.491 e. The topological polar surface area (TPSA) is 49.8 Å². The minimum absolute atomic E-state index is 0.0979. The molecule has 4 nitrogen and oxygen atoms in total. The second-order valence-electron chi connectivity index (χ2n) is 8.54. The summed E-state index contributed by atoms with van der Waals surface area (Å²) in [6, 6.07) is 5.89. The fraction of sp³-hybridized carbons (Fsp3) is 0.682. The van der Waals surface area contributed by atoms with Crippen molar-refractivity contribution < 1.29 is 45.4 Å². The van der Waals surface area contributed by atoms with E-state index >= 15 is 0 Å². The molecule has 0 bridgehead atoms. The van der Waals surface area contributed by atoms with E-state index in [2.05, 4.69) is 0 Å². The van der Waals surface area contributed by atoms with Gasteiger partial charge in [-0.05, 0) is 44.2 Å². The minimum Gasteiger partial charge on any atom is -0.491 e. The highest BCUT2D eigenvalue weighted by Gasteiger charge is 2.77. The Bertz CT molecular complexity index is 792. The Balaban J connectivity index is 2.10. The van der Waals surface area contributed by atoms with Crippen molar-refractivity contribution in [2.75, 3.05) is 13.2 Å². The Hall–Kier alpha value is -2.04. The molecule has 1 aliphatic rings. The van der Waals surface area contributed by atoms with Gasteiger partial charge in [0.25, 0.3) is 5.91 Å². The third-order valence-electron chi connectivity index (χ3n) is 5.71. The van der Waals surface area contributed by atoms with Gasteiger partial charge in [0, 0.05) is 6.04 Å². The Labute approximate surface area is 187 Å². The lowest BCUT2D eigenvalue weighted by Gasteiger charge is -2.35. The molecule has 0 radical (unpaired) electrons. The maximum atomic E-state index is 13.9. The molecule has 1 aromatic carbocycles. The number of amides is 1. The molecular formula is C22H28F7NO3.